The van der Waals surface area contributed by atoms with E-state index in [0.717, 1.165) is 0 Å². The van der Waals surface area contributed by atoms with Crippen LogP contribution in [0.15, 0.2) is 0 Å². The van der Waals surface area contributed by atoms with Gasteiger partial charge in [0.15, 0.2) is 0 Å². The number of carbonyl (C=O) groups is 2. The topological polar surface area (TPSA) is 87.7 Å². The van der Waals surface area contributed by atoms with Crippen LogP contribution in [0.2, 0.25) is 0 Å². The molecule has 2 amide bonds. The summed E-state index contributed by atoms with van der Waals surface area (Å²) in [5.74, 6) is 4.40. The van der Waals surface area contributed by atoms with Crippen LogP contribution in [0.4, 0.5) is 4.79 Å². The fraction of sp³-hybridized carbons (Fsp3) is 0.636. The highest BCUT2D eigenvalue weighted by Gasteiger charge is 2.18. The molecule has 6 nitrogen and oxygen atoms in total. The summed E-state index contributed by atoms with van der Waals surface area (Å²) in [4.78, 5) is 22.1. The maximum Gasteiger partial charge on any atom is 0.326 e. The van der Waals surface area contributed by atoms with Crippen molar-refractivity contribution in [2.24, 2.45) is 0 Å². The molecule has 6 heteroatoms. The average molecular weight is 242 g/mol. The number of carboxylic acids is 1. The number of rotatable bonds is 7. The number of carbonyl (C=O) groups excluding carboxylic acids is 1. The second kappa shape index (κ2) is 9.48. The van der Waals surface area contributed by atoms with Crippen LogP contribution in [0.3, 0.4) is 0 Å². The number of aliphatic carboxylic acids is 1. The normalized spacial score (nSPS) is 10.9. The molecule has 1 unspecified atom stereocenters. The maximum absolute atomic E-state index is 11.3. The molecule has 0 aromatic rings. The molecule has 17 heavy (non-hydrogen) atoms. The second-order valence-electron chi connectivity index (χ2n) is 3.25. The molecule has 0 rings (SSSR count). The molecule has 0 spiro atoms. The highest BCUT2D eigenvalue weighted by Crippen LogP contribution is 1.93. The predicted molar refractivity (Wildman–Crippen MR) is 62.5 cm³/mol. The van der Waals surface area contributed by atoms with Gasteiger partial charge in [0.1, 0.15) is 6.04 Å². The summed E-state index contributed by atoms with van der Waals surface area (Å²) in [6, 6.07) is -1.45. The Labute approximate surface area is 101 Å². The fourth-order valence-electron chi connectivity index (χ4n) is 1.07. The average Bonchev–Trinajstić information content (AvgIpc) is 2.29. The van der Waals surface area contributed by atoms with Crippen LogP contribution in [-0.2, 0) is 9.53 Å². The molecular formula is C11H18N2O4. The summed E-state index contributed by atoms with van der Waals surface area (Å²) in [6.07, 6.45) is 0.772. The molecule has 3 N–H and O–H groups in total. The van der Waals surface area contributed by atoms with E-state index >= 15 is 0 Å². The minimum Gasteiger partial charge on any atom is -0.480 e. The lowest BCUT2D eigenvalue weighted by Crippen LogP contribution is -2.46. The van der Waals surface area contributed by atoms with Crippen LogP contribution in [0, 0.1) is 11.8 Å². The number of urea groups is 1. The van der Waals surface area contributed by atoms with Crippen molar-refractivity contribution in [3.8, 4) is 11.8 Å². The lowest BCUT2D eigenvalue weighted by molar-refractivity contribution is -0.139. The molecule has 0 heterocycles. The van der Waals surface area contributed by atoms with Crippen molar-refractivity contribution in [1.82, 2.24) is 10.6 Å². The van der Waals surface area contributed by atoms with E-state index in [2.05, 4.69) is 22.5 Å². The van der Waals surface area contributed by atoms with Gasteiger partial charge in [-0.05, 0) is 6.92 Å². The number of ether oxygens (including phenoxy) is 1. The summed E-state index contributed by atoms with van der Waals surface area (Å²) >= 11 is 0. The van der Waals surface area contributed by atoms with Crippen LogP contribution < -0.4 is 10.6 Å². The molecule has 0 aliphatic heterocycles. The Hall–Kier alpha value is -1.74. The van der Waals surface area contributed by atoms with E-state index in [1.54, 1.807) is 6.92 Å². The van der Waals surface area contributed by atoms with E-state index in [1.807, 2.05) is 0 Å². The lowest BCUT2D eigenvalue weighted by Gasteiger charge is -2.14. The van der Waals surface area contributed by atoms with Crippen molar-refractivity contribution in [3.63, 3.8) is 0 Å². The molecule has 1 atom stereocenters. The first-order valence-electron chi connectivity index (χ1n) is 5.27. The van der Waals surface area contributed by atoms with Crippen molar-refractivity contribution in [1.29, 1.82) is 0 Å². The molecule has 96 valence electrons. The van der Waals surface area contributed by atoms with Gasteiger partial charge in [-0.3, -0.25) is 0 Å². The molecule has 0 aliphatic carbocycles. The molecule has 0 aromatic carbocycles. The smallest absolute Gasteiger partial charge is 0.326 e. The highest BCUT2D eigenvalue weighted by atomic mass is 16.5. The Morgan fingerprint density at radius 2 is 2.18 bits per heavy atom. The van der Waals surface area contributed by atoms with Crippen molar-refractivity contribution < 1.29 is 19.4 Å². The zero-order valence-corrected chi connectivity index (χ0v) is 10.1. The minimum absolute atomic E-state index is 0.230. The van der Waals surface area contributed by atoms with Gasteiger partial charge in [0.25, 0.3) is 0 Å². The van der Waals surface area contributed by atoms with Crippen molar-refractivity contribution in [3.05, 3.63) is 0 Å². The Bertz CT molecular complexity index is 306. The van der Waals surface area contributed by atoms with Crippen LogP contribution in [0.5, 0.6) is 0 Å². The van der Waals surface area contributed by atoms with Crippen LogP contribution in [0.1, 0.15) is 19.8 Å². The number of carboxylic acid groups (broad SMARTS) is 1. The van der Waals surface area contributed by atoms with E-state index < -0.39 is 18.0 Å². The Morgan fingerprint density at radius 1 is 1.47 bits per heavy atom. The van der Waals surface area contributed by atoms with E-state index in [0.29, 0.717) is 13.0 Å². The predicted octanol–water partition coefficient (Wildman–Crippen LogP) is 0.189. The Kier molecular flexibility index (Phi) is 8.51. The van der Waals surface area contributed by atoms with Gasteiger partial charge in [0.2, 0.25) is 0 Å². The quantitative estimate of drug-likeness (QED) is 0.439. The van der Waals surface area contributed by atoms with E-state index in [-0.39, 0.29) is 13.0 Å². The van der Waals surface area contributed by atoms with Gasteiger partial charge < -0.3 is 20.5 Å². The van der Waals surface area contributed by atoms with Gasteiger partial charge in [0.05, 0.1) is 0 Å². The third-order valence-corrected chi connectivity index (χ3v) is 1.93. The third kappa shape index (κ3) is 8.11. The largest absolute Gasteiger partial charge is 0.480 e. The van der Waals surface area contributed by atoms with Gasteiger partial charge in [0, 0.05) is 33.1 Å². The van der Waals surface area contributed by atoms with Crippen LogP contribution in [0.25, 0.3) is 0 Å². The molecule has 0 saturated carbocycles. The zero-order valence-electron chi connectivity index (χ0n) is 10.1. The highest BCUT2D eigenvalue weighted by molar-refractivity contribution is 5.82. The monoisotopic (exact) mass is 242 g/mol. The van der Waals surface area contributed by atoms with Gasteiger partial charge in [-0.25, -0.2) is 9.59 Å². The van der Waals surface area contributed by atoms with Gasteiger partial charge in [-0.2, -0.15) is 0 Å². The number of hydrogen-bond acceptors (Lipinski definition) is 3. The van der Waals surface area contributed by atoms with E-state index in [4.69, 9.17) is 9.84 Å². The Morgan fingerprint density at radius 3 is 2.71 bits per heavy atom. The van der Waals surface area contributed by atoms with Crippen molar-refractivity contribution >= 4 is 12.0 Å². The summed E-state index contributed by atoms with van der Waals surface area (Å²) < 4.78 is 4.76. The first-order valence-corrected chi connectivity index (χ1v) is 5.27. The second-order valence-corrected chi connectivity index (χ2v) is 3.25. The molecule has 0 aliphatic rings. The summed E-state index contributed by atoms with van der Waals surface area (Å²) in [5, 5.41) is 13.7. The standard InChI is InChI=1S/C11H18N2O4/c1-3-4-5-7-12-11(16)13-9(10(14)15)6-8-17-2/h9H,5-8H2,1-2H3,(H,14,15)(H2,12,13,16). The molecular weight excluding hydrogens is 224 g/mol. The third-order valence-electron chi connectivity index (χ3n) is 1.93. The van der Waals surface area contributed by atoms with E-state index in [1.165, 1.54) is 7.11 Å². The van der Waals surface area contributed by atoms with Gasteiger partial charge >= 0.3 is 12.0 Å². The van der Waals surface area contributed by atoms with Crippen LogP contribution in [-0.4, -0.2) is 43.4 Å². The maximum atomic E-state index is 11.3. The van der Waals surface area contributed by atoms with Gasteiger partial charge in [-0.15, -0.1) is 11.8 Å². The summed E-state index contributed by atoms with van der Waals surface area (Å²) in [6.45, 7) is 2.38. The fourth-order valence-corrected chi connectivity index (χ4v) is 1.07. The number of methoxy groups -OCH3 is 1. The number of amides is 2. The SMILES string of the molecule is CC#CCCNC(=O)NC(CCOC)C(=O)O. The minimum atomic E-state index is -1.08. The summed E-state index contributed by atoms with van der Waals surface area (Å²) in [7, 11) is 1.47. The van der Waals surface area contributed by atoms with Crippen LogP contribution >= 0.6 is 0 Å². The number of nitrogens with one attached hydrogen (secondary N) is 2. The molecule has 0 bridgehead atoms. The molecule has 0 aromatic heterocycles. The molecule has 0 fully saturated rings. The van der Waals surface area contributed by atoms with E-state index in [9.17, 15) is 9.59 Å². The first kappa shape index (κ1) is 15.3. The lowest BCUT2D eigenvalue weighted by atomic mass is 10.2. The van der Waals surface area contributed by atoms with Crippen molar-refractivity contribution in [2.75, 3.05) is 20.3 Å². The first-order chi connectivity index (χ1) is 8.11. The Balaban J connectivity index is 3.93. The zero-order chi connectivity index (χ0) is 13.1. The summed E-state index contributed by atoms with van der Waals surface area (Å²) in [5.41, 5.74) is 0. The number of hydrogen-bond donors (Lipinski definition) is 3. The molecule has 0 radical (unpaired) electrons. The van der Waals surface area contributed by atoms with Crippen molar-refractivity contribution in [2.45, 2.75) is 25.8 Å². The molecule has 0 saturated heterocycles. The van der Waals surface area contributed by atoms with Gasteiger partial charge in [-0.1, -0.05) is 0 Å².